The van der Waals surface area contributed by atoms with Crippen LogP contribution in [0.4, 0.5) is 15.0 Å². The van der Waals surface area contributed by atoms with Gasteiger partial charge in [-0.2, -0.15) is 9.97 Å². The molecule has 1 saturated carbocycles. The van der Waals surface area contributed by atoms with Gasteiger partial charge in [0.05, 0.1) is 41.9 Å². The summed E-state index contributed by atoms with van der Waals surface area (Å²) < 4.78 is 32.5. The van der Waals surface area contributed by atoms with E-state index in [0.717, 1.165) is 58.5 Å². The van der Waals surface area contributed by atoms with Crippen LogP contribution in [-0.4, -0.2) is 96.1 Å². The Morgan fingerprint density at radius 1 is 1.15 bits per heavy atom. The average molecular weight is 607 g/mol. The fourth-order valence-electron chi connectivity index (χ4n) is 6.06. The minimum atomic E-state index is -0.547. The van der Waals surface area contributed by atoms with Crippen LogP contribution in [0.3, 0.4) is 0 Å². The predicted molar refractivity (Wildman–Crippen MR) is 149 cm³/mol. The van der Waals surface area contributed by atoms with Gasteiger partial charge in [0.25, 0.3) is 0 Å². The van der Waals surface area contributed by atoms with Gasteiger partial charge in [-0.15, -0.1) is 0 Å². The third-order valence-electron chi connectivity index (χ3n) is 8.21. The fourth-order valence-corrected chi connectivity index (χ4v) is 6.39. The molecule has 1 aliphatic carbocycles. The molecule has 4 fully saturated rings. The van der Waals surface area contributed by atoms with Gasteiger partial charge >= 0.3 is 12.1 Å². The number of benzene rings is 1. The Kier molecular flexibility index (Phi) is 7.12. The Morgan fingerprint density at radius 3 is 2.49 bits per heavy atom. The number of rotatable bonds is 6. The van der Waals surface area contributed by atoms with E-state index in [1.54, 1.807) is 6.07 Å². The number of amides is 1. The molecule has 2 atom stereocenters. The second kappa shape index (κ2) is 10.3. The maximum absolute atomic E-state index is 14.7. The van der Waals surface area contributed by atoms with Gasteiger partial charge in [-0.05, 0) is 74.5 Å². The summed E-state index contributed by atoms with van der Waals surface area (Å²) in [6, 6.07) is 3.51. The van der Waals surface area contributed by atoms with E-state index in [-0.39, 0.29) is 29.4 Å². The number of morpholine rings is 1. The number of hydrogen-bond donors (Lipinski definition) is 0. The Bertz CT molecular complexity index is 1230. The molecule has 39 heavy (non-hydrogen) atoms. The highest BCUT2D eigenvalue weighted by Gasteiger charge is 2.46. The first-order valence-corrected chi connectivity index (χ1v) is 14.7. The van der Waals surface area contributed by atoms with Crippen molar-refractivity contribution in [2.75, 3.05) is 57.4 Å². The first kappa shape index (κ1) is 27.0. The minimum Gasteiger partial charge on any atom is -0.463 e. The zero-order valence-electron chi connectivity index (χ0n) is 22.9. The Morgan fingerprint density at radius 2 is 1.85 bits per heavy atom. The summed E-state index contributed by atoms with van der Waals surface area (Å²) in [5, 5.41) is 0.641. The van der Waals surface area contributed by atoms with E-state index in [1.807, 2.05) is 25.7 Å². The lowest BCUT2D eigenvalue weighted by Crippen LogP contribution is -2.57. The Balaban J connectivity index is 1.23. The van der Waals surface area contributed by atoms with Gasteiger partial charge in [0.2, 0.25) is 0 Å². The van der Waals surface area contributed by atoms with Crippen molar-refractivity contribution in [2.24, 2.45) is 5.41 Å². The molecule has 4 aliphatic rings. The van der Waals surface area contributed by atoms with E-state index in [1.165, 1.54) is 6.07 Å². The number of fused-ring (bicyclic) bond motifs is 3. The van der Waals surface area contributed by atoms with E-state index in [9.17, 15) is 9.18 Å². The predicted octanol–water partition coefficient (Wildman–Crippen LogP) is 4.61. The highest BCUT2D eigenvalue weighted by atomic mass is 79.9. The monoisotopic (exact) mass is 605 g/mol. The Hall–Kier alpha value is -2.24. The summed E-state index contributed by atoms with van der Waals surface area (Å²) in [4.78, 5) is 29.0. The molecule has 0 spiro atoms. The van der Waals surface area contributed by atoms with Gasteiger partial charge in [0.15, 0.2) is 0 Å². The molecule has 11 heteroatoms. The lowest BCUT2D eigenvalue weighted by atomic mass is 10.1. The number of ether oxygens (including phenoxy) is 3. The maximum Gasteiger partial charge on any atom is 0.410 e. The number of aromatic nitrogens is 2. The highest BCUT2D eigenvalue weighted by molar-refractivity contribution is 9.10. The Labute approximate surface area is 237 Å². The minimum absolute atomic E-state index is 0.0107. The van der Waals surface area contributed by atoms with E-state index in [0.29, 0.717) is 46.9 Å². The summed E-state index contributed by atoms with van der Waals surface area (Å²) in [5.74, 6) is 0.291. The van der Waals surface area contributed by atoms with Gasteiger partial charge < -0.3 is 19.1 Å². The number of anilines is 1. The number of nitrogens with zero attached hydrogens (tertiary/aromatic N) is 5. The zero-order chi connectivity index (χ0) is 27.4. The van der Waals surface area contributed by atoms with Crippen molar-refractivity contribution in [3.63, 3.8) is 0 Å². The van der Waals surface area contributed by atoms with Gasteiger partial charge in [-0.1, -0.05) is 0 Å². The van der Waals surface area contributed by atoms with Crippen LogP contribution in [0.5, 0.6) is 6.01 Å². The first-order valence-electron chi connectivity index (χ1n) is 14.0. The molecule has 2 unspecified atom stereocenters. The van der Waals surface area contributed by atoms with Crippen molar-refractivity contribution in [1.82, 2.24) is 19.8 Å². The molecule has 2 aromatic rings. The molecule has 1 aromatic carbocycles. The second-order valence-electron chi connectivity index (χ2n) is 12.5. The lowest BCUT2D eigenvalue weighted by molar-refractivity contribution is 0.0123. The van der Waals surface area contributed by atoms with Crippen LogP contribution < -0.4 is 9.64 Å². The van der Waals surface area contributed by atoms with Crippen molar-refractivity contribution in [1.29, 1.82) is 0 Å². The molecular weight excluding hydrogens is 569 g/mol. The van der Waals surface area contributed by atoms with Crippen LogP contribution >= 0.6 is 15.9 Å². The quantitative estimate of drug-likeness (QED) is 0.472. The summed E-state index contributed by atoms with van der Waals surface area (Å²) in [5.41, 5.74) is 0.203. The van der Waals surface area contributed by atoms with Crippen molar-refractivity contribution in [3.8, 4) is 6.01 Å². The first-order chi connectivity index (χ1) is 18.6. The number of hydrogen-bond acceptors (Lipinski definition) is 8. The van der Waals surface area contributed by atoms with Gasteiger partial charge in [0, 0.05) is 43.5 Å². The second-order valence-corrected chi connectivity index (χ2v) is 13.3. The number of carbonyl (C=O) groups excluding carboxylic acids is 1. The molecule has 0 N–H and O–H groups in total. The zero-order valence-corrected chi connectivity index (χ0v) is 24.5. The standard InChI is InChI=1S/C28H37BrFN5O4/c1-27(2,3)39-26(36)35-18-4-5-19(35)15-34(14-18)24-20-12-22(30)21(29)13-23(20)31-25(32-24)38-17-28(6-7-28)16-33-8-10-37-11-9-33/h12-13,18-19H,4-11,14-17H2,1-3H3. The molecule has 3 aliphatic heterocycles. The average Bonchev–Trinajstić information content (AvgIpc) is 3.59. The summed E-state index contributed by atoms with van der Waals surface area (Å²) in [6.07, 6.45) is 3.78. The molecule has 3 saturated heterocycles. The molecule has 0 radical (unpaired) electrons. The van der Waals surface area contributed by atoms with Gasteiger partial charge in [-0.25, -0.2) is 9.18 Å². The van der Waals surface area contributed by atoms with E-state index >= 15 is 0 Å². The number of piperazine rings is 1. The molecule has 212 valence electrons. The number of halogens is 2. The third-order valence-corrected chi connectivity index (χ3v) is 8.82. The van der Waals surface area contributed by atoms with Gasteiger partial charge in [0.1, 0.15) is 17.2 Å². The van der Waals surface area contributed by atoms with E-state index in [4.69, 9.17) is 19.2 Å². The van der Waals surface area contributed by atoms with Crippen molar-refractivity contribution in [2.45, 2.75) is 64.1 Å². The molecule has 1 amide bonds. The summed E-state index contributed by atoms with van der Waals surface area (Å²) in [6.45, 7) is 11.9. The normalized spacial score (nSPS) is 24.7. The molecular formula is C28H37BrFN5O4. The highest BCUT2D eigenvalue weighted by Crippen LogP contribution is 2.47. The van der Waals surface area contributed by atoms with Crippen molar-refractivity contribution in [3.05, 3.63) is 22.4 Å². The van der Waals surface area contributed by atoms with Crippen molar-refractivity contribution >= 4 is 38.7 Å². The SMILES string of the molecule is CC(C)(C)OC(=O)N1C2CCC1CN(c1nc(OCC3(CN4CCOCC4)CC3)nc3cc(Br)c(F)cc13)C2. The van der Waals surface area contributed by atoms with Crippen LogP contribution in [-0.2, 0) is 9.47 Å². The van der Waals surface area contributed by atoms with Crippen molar-refractivity contribution < 1.29 is 23.4 Å². The van der Waals surface area contributed by atoms with Crippen LogP contribution in [0.15, 0.2) is 16.6 Å². The van der Waals surface area contributed by atoms with E-state index in [2.05, 4.69) is 30.7 Å². The third kappa shape index (κ3) is 5.81. The van der Waals surface area contributed by atoms with Crippen LogP contribution in [0.2, 0.25) is 0 Å². The maximum atomic E-state index is 14.7. The molecule has 4 heterocycles. The van der Waals surface area contributed by atoms with Crippen LogP contribution in [0, 0.1) is 11.2 Å². The van der Waals surface area contributed by atoms with Crippen LogP contribution in [0.25, 0.3) is 10.9 Å². The van der Waals surface area contributed by atoms with Gasteiger partial charge in [-0.3, -0.25) is 9.80 Å². The van der Waals surface area contributed by atoms with Crippen LogP contribution in [0.1, 0.15) is 46.5 Å². The topological polar surface area (TPSA) is 80.3 Å². The lowest BCUT2D eigenvalue weighted by Gasteiger charge is -2.42. The largest absolute Gasteiger partial charge is 0.463 e. The molecule has 1 aromatic heterocycles. The van der Waals surface area contributed by atoms with E-state index < -0.39 is 5.60 Å². The summed E-state index contributed by atoms with van der Waals surface area (Å²) in [7, 11) is 0. The molecule has 9 nitrogen and oxygen atoms in total. The fraction of sp³-hybridized carbons (Fsp3) is 0.679. The molecule has 6 rings (SSSR count). The number of carbonyl (C=O) groups is 1. The molecule has 2 bridgehead atoms. The smallest absolute Gasteiger partial charge is 0.410 e. The summed E-state index contributed by atoms with van der Waals surface area (Å²) >= 11 is 3.31.